The van der Waals surface area contributed by atoms with E-state index in [4.69, 9.17) is 4.74 Å². The van der Waals surface area contributed by atoms with Crippen LogP contribution in [0, 0.1) is 5.92 Å². The second kappa shape index (κ2) is 10.6. The molecule has 10 heteroatoms. The summed E-state index contributed by atoms with van der Waals surface area (Å²) in [6, 6.07) is 15.3. The average molecular weight is 500 g/mol. The number of imide groups is 1. The molecule has 0 aromatic heterocycles. The highest BCUT2D eigenvalue weighted by molar-refractivity contribution is 7.89. The van der Waals surface area contributed by atoms with E-state index in [1.807, 2.05) is 18.2 Å². The van der Waals surface area contributed by atoms with Gasteiger partial charge in [-0.3, -0.25) is 9.69 Å². The molecule has 186 valence electrons. The van der Waals surface area contributed by atoms with Gasteiger partial charge in [-0.05, 0) is 55.9 Å². The molecule has 0 radical (unpaired) electrons. The number of ether oxygens (including phenoxy) is 1. The number of urea groups is 1. The van der Waals surface area contributed by atoms with Gasteiger partial charge in [0.25, 0.3) is 5.91 Å². The van der Waals surface area contributed by atoms with Crippen molar-refractivity contribution in [2.75, 3.05) is 26.2 Å². The van der Waals surface area contributed by atoms with Crippen LogP contribution in [-0.4, -0.2) is 67.8 Å². The highest BCUT2D eigenvalue weighted by Crippen LogP contribution is 2.26. The second-order valence-electron chi connectivity index (χ2n) is 8.83. The smallest absolute Gasteiger partial charge is 0.338 e. The molecule has 3 amide bonds. The molecule has 2 aromatic carbocycles. The zero-order valence-electron chi connectivity index (χ0n) is 19.6. The van der Waals surface area contributed by atoms with Crippen LogP contribution >= 0.6 is 0 Å². The van der Waals surface area contributed by atoms with E-state index in [-0.39, 0.29) is 17.0 Å². The molecule has 2 aliphatic rings. The van der Waals surface area contributed by atoms with Crippen molar-refractivity contribution in [1.29, 1.82) is 0 Å². The minimum Gasteiger partial charge on any atom is -0.449 e. The molecular formula is C25H29N3O6S. The van der Waals surface area contributed by atoms with Crippen LogP contribution in [-0.2, 0) is 26.0 Å². The number of nitrogens with one attached hydrogen (secondary N) is 1. The molecule has 35 heavy (non-hydrogen) atoms. The predicted octanol–water partition coefficient (Wildman–Crippen LogP) is 2.43. The minimum atomic E-state index is -3.78. The molecule has 2 saturated heterocycles. The molecule has 2 aliphatic heterocycles. The molecule has 1 atom stereocenters. The summed E-state index contributed by atoms with van der Waals surface area (Å²) < 4.78 is 33.2. The second-order valence-corrected chi connectivity index (χ2v) is 10.8. The lowest BCUT2D eigenvalue weighted by Crippen LogP contribution is -2.41. The third kappa shape index (κ3) is 5.71. The summed E-state index contributed by atoms with van der Waals surface area (Å²) in [5.41, 5.74) is 1.27. The van der Waals surface area contributed by atoms with Gasteiger partial charge in [-0.2, -0.15) is 4.31 Å². The van der Waals surface area contributed by atoms with E-state index in [1.165, 1.54) is 41.1 Å². The Balaban J connectivity index is 1.38. The summed E-state index contributed by atoms with van der Waals surface area (Å²) in [6.45, 7) is 2.76. The summed E-state index contributed by atoms with van der Waals surface area (Å²) >= 11 is 0. The Morgan fingerprint density at radius 1 is 1.06 bits per heavy atom. The number of hydrogen-bond donors (Lipinski definition) is 1. The van der Waals surface area contributed by atoms with E-state index in [2.05, 4.69) is 17.4 Å². The van der Waals surface area contributed by atoms with E-state index in [9.17, 15) is 22.8 Å². The summed E-state index contributed by atoms with van der Waals surface area (Å²) in [5, 5.41) is 2.51. The largest absolute Gasteiger partial charge is 0.449 e. The van der Waals surface area contributed by atoms with Crippen LogP contribution < -0.4 is 5.32 Å². The molecule has 9 nitrogen and oxygen atoms in total. The van der Waals surface area contributed by atoms with Crippen molar-refractivity contribution in [2.45, 2.75) is 37.2 Å². The van der Waals surface area contributed by atoms with Crippen LogP contribution in [0.4, 0.5) is 4.79 Å². The minimum absolute atomic E-state index is 0.00589. The van der Waals surface area contributed by atoms with Crippen LogP contribution in [0.3, 0.4) is 0 Å². The fourth-order valence-corrected chi connectivity index (χ4v) is 5.93. The zero-order valence-corrected chi connectivity index (χ0v) is 20.4. The quantitative estimate of drug-likeness (QED) is 0.586. The molecule has 0 bridgehead atoms. The van der Waals surface area contributed by atoms with Gasteiger partial charge in [0.05, 0.1) is 10.5 Å². The van der Waals surface area contributed by atoms with Crippen molar-refractivity contribution in [3.05, 3.63) is 65.7 Å². The lowest BCUT2D eigenvalue weighted by molar-refractivity contribution is -0.136. The number of hydrogen-bond acceptors (Lipinski definition) is 6. The van der Waals surface area contributed by atoms with Crippen molar-refractivity contribution in [1.82, 2.24) is 14.5 Å². The Labute approximate surface area is 205 Å². The first kappa shape index (κ1) is 24.9. The molecule has 0 saturated carbocycles. The SMILES string of the molecule is C[C@H](OC(=O)c1cccc(S(=O)(=O)N2CCC(Cc3ccccc3)CC2)c1)C(=O)N1CCNC1=O. The maximum absolute atomic E-state index is 13.2. The number of nitrogens with zero attached hydrogens (tertiary/aromatic N) is 2. The summed E-state index contributed by atoms with van der Waals surface area (Å²) in [7, 11) is -3.78. The third-order valence-electron chi connectivity index (χ3n) is 6.40. The van der Waals surface area contributed by atoms with Crippen LogP contribution in [0.2, 0.25) is 0 Å². The van der Waals surface area contributed by atoms with Gasteiger partial charge in [-0.1, -0.05) is 36.4 Å². The van der Waals surface area contributed by atoms with Gasteiger partial charge in [0.15, 0.2) is 6.10 Å². The Morgan fingerprint density at radius 3 is 2.43 bits per heavy atom. The first-order valence-electron chi connectivity index (χ1n) is 11.7. The average Bonchev–Trinajstić information content (AvgIpc) is 3.30. The topological polar surface area (TPSA) is 113 Å². The van der Waals surface area contributed by atoms with Gasteiger partial charge in [-0.25, -0.2) is 18.0 Å². The van der Waals surface area contributed by atoms with Crippen LogP contribution in [0.1, 0.15) is 35.7 Å². The summed E-state index contributed by atoms with van der Waals surface area (Å²) in [4.78, 5) is 37.7. The maximum atomic E-state index is 13.2. The van der Waals surface area contributed by atoms with Crippen molar-refractivity contribution in [2.24, 2.45) is 5.92 Å². The number of esters is 1. The van der Waals surface area contributed by atoms with Gasteiger partial charge >= 0.3 is 12.0 Å². The maximum Gasteiger partial charge on any atom is 0.338 e. The lowest BCUT2D eigenvalue weighted by atomic mass is 9.91. The molecule has 4 rings (SSSR count). The predicted molar refractivity (Wildman–Crippen MR) is 128 cm³/mol. The molecule has 0 unspecified atom stereocenters. The van der Waals surface area contributed by atoms with Crippen LogP contribution in [0.15, 0.2) is 59.5 Å². The lowest BCUT2D eigenvalue weighted by Gasteiger charge is -2.31. The van der Waals surface area contributed by atoms with Crippen molar-refractivity contribution in [3.63, 3.8) is 0 Å². The van der Waals surface area contributed by atoms with E-state index >= 15 is 0 Å². The highest BCUT2D eigenvalue weighted by Gasteiger charge is 2.33. The van der Waals surface area contributed by atoms with Crippen molar-refractivity contribution < 1.29 is 27.5 Å². The van der Waals surface area contributed by atoms with Crippen LogP contribution in [0.5, 0.6) is 0 Å². The van der Waals surface area contributed by atoms with Crippen molar-refractivity contribution >= 4 is 27.9 Å². The number of carbonyl (C=O) groups excluding carboxylic acids is 3. The third-order valence-corrected chi connectivity index (χ3v) is 8.30. The first-order chi connectivity index (χ1) is 16.8. The van der Waals surface area contributed by atoms with Crippen LogP contribution in [0.25, 0.3) is 0 Å². The summed E-state index contributed by atoms with van der Waals surface area (Å²) in [5.74, 6) is -1.04. The molecular weight excluding hydrogens is 470 g/mol. The number of benzene rings is 2. The molecule has 0 spiro atoms. The van der Waals surface area contributed by atoms with E-state index < -0.39 is 34.0 Å². The number of carbonyl (C=O) groups is 3. The molecule has 2 heterocycles. The number of sulfonamides is 1. The zero-order chi connectivity index (χ0) is 25.0. The summed E-state index contributed by atoms with van der Waals surface area (Å²) in [6.07, 6.45) is 1.26. The Hall–Kier alpha value is -3.24. The highest BCUT2D eigenvalue weighted by atomic mass is 32.2. The molecule has 0 aliphatic carbocycles. The molecule has 2 aromatic rings. The van der Waals surface area contributed by atoms with Gasteiger partial charge in [0, 0.05) is 26.2 Å². The van der Waals surface area contributed by atoms with Gasteiger partial charge < -0.3 is 10.1 Å². The number of piperidine rings is 1. The van der Waals surface area contributed by atoms with Gasteiger partial charge in [0.2, 0.25) is 10.0 Å². The Kier molecular flexibility index (Phi) is 7.51. The monoisotopic (exact) mass is 499 g/mol. The normalized spacial score (nSPS) is 18.2. The van der Waals surface area contributed by atoms with E-state index in [1.54, 1.807) is 0 Å². The fraction of sp³-hybridized carbons (Fsp3) is 0.400. The first-order valence-corrected chi connectivity index (χ1v) is 13.1. The van der Waals surface area contributed by atoms with E-state index in [0.717, 1.165) is 24.2 Å². The Morgan fingerprint density at radius 2 is 1.77 bits per heavy atom. The molecule has 1 N–H and O–H groups in total. The Bertz CT molecular complexity index is 1190. The van der Waals surface area contributed by atoms with Crippen molar-refractivity contribution in [3.8, 4) is 0 Å². The fourth-order valence-electron chi connectivity index (χ4n) is 4.41. The number of rotatable bonds is 7. The van der Waals surface area contributed by atoms with Gasteiger partial charge in [0.1, 0.15) is 0 Å². The molecule has 2 fully saturated rings. The van der Waals surface area contributed by atoms with E-state index in [0.29, 0.717) is 25.6 Å². The van der Waals surface area contributed by atoms with Gasteiger partial charge in [-0.15, -0.1) is 0 Å². The number of amides is 3. The standard InChI is InChI=1S/C25H29N3O6S/c1-18(23(29)28-15-12-26-25(28)31)34-24(30)21-8-5-9-22(17-21)35(32,33)27-13-10-20(11-14-27)16-19-6-3-2-4-7-19/h2-9,17-18,20H,10-16H2,1H3,(H,26,31)/t18-/m0/s1.